The highest BCUT2D eigenvalue weighted by atomic mass is 35.5. The molecule has 9 heteroatoms. The molecule has 0 aliphatic carbocycles. The van der Waals surface area contributed by atoms with Gasteiger partial charge in [0.2, 0.25) is 0 Å². The maximum Gasteiger partial charge on any atom is 0.269 e. The first-order chi connectivity index (χ1) is 15.8. The molecule has 3 heterocycles. The highest BCUT2D eigenvalue weighted by Crippen LogP contribution is 2.41. The second-order valence-electron chi connectivity index (χ2n) is 7.49. The van der Waals surface area contributed by atoms with E-state index in [0.29, 0.717) is 16.5 Å². The van der Waals surface area contributed by atoms with Crippen LogP contribution in [-0.2, 0) is 10.0 Å². The molecule has 0 spiro atoms. The lowest BCUT2D eigenvalue weighted by molar-refractivity contribution is 0.588. The van der Waals surface area contributed by atoms with E-state index in [1.807, 2.05) is 29.8 Å². The molecular formula is C24H15Cl2FN2O2S2. The topological polar surface area (TPSA) is 52.0 Å². The van der Waals surface area contributed by atoms with Crippen LogP contribution in [0.15, 0.2) is 76.6 Å². The zero-order chi connectivity index (χ0) is 23.3. The lowest BCUT2D eigenvalue weighted by Gasteiger charge is -2.07. The molecule has 0 radical (unpaired) electrons. The van der Waals surface area contributed by atoms with Crippen LogP contribution in [0.5, 0.6) is 0 Å². The third-order valence-electron chi connectivity index (χ3n) is 5.37. The summed E-state index contributed by atoms with van der Waals surface area (Å²) in [5.41, 5.74) is 3.85. The molecule has 4 nitrogen and oxygen atoms in total. The van der Waals surface area contributed by atoms with Crippen LogP contribution in [0, 0.1) is 12.7 Å². The number of rotatable bonds is 4. The van der Waals surface area contributed by atoms with Crippen LogP contribution in [-0.4, -0.2) is 17.4 Å². The number of halogens is 3. The molecule has 0 bridgehead atoms. The van der Waals surface area contributed by atoms with Crippen molar-refractivity contribution in [2.45, 2.75) is 11.8 Å². The fraction of sp³-hybridized carbons (Fsp3) is 0.0417. The van der Waals surface area contributed by atoms with Crippen molar-refractivity contribution >= 4 is 55.6 Å². The summed E-state index contributed by atoms with van der Waals surface area (Å²) >= 11 is 14.0. The van der Waals surface area contributed by atoms with E-state index in [1.54, 1.807) is 41.8 Å². The maximum atomic E-state index is 14.0. The van der Waals surface area contributed by atoms with Crippen LogP contribution in [0.4, 0.5) is 4.39 Å². The van der Waals surface area contributed by atoms with Crippen LogP contribution in [0.3, 0.4) is 0 Å². The molecule has 0 saturated carbocycles. The number of pyridine rings is 1. The summed E-state index contributed by atoms with van der Waals surface area (Å²) in [4.78, 5) is 4.63. The standard InChI is InChI=1S/C24H15Cl2FN2O2S2/c1-14-2-4-17(5-3-14)33(30,31)29-12-20(18-6-7-21(27)23(26)22(18)25)19-10-16(11-28-24(19)29)15-8-9-32-13-15/h2-13H,1H3. The first kappa shape index (κ1) is 22.1. The Morgan fingerprint density at radius 3 is 2.42 bits per heavy atom. The maximum absolute atomic E-state index is 14.0. The molecule has 0 aliphatic rings. The van der Waals surface area contributed by atoms with Crippen molar-refractivity contribution in [2.75, 3.05) is 0 Å². The molecule has 0 atom stereocenters. The van der Waals surface area contributed by atoms with Crippen molar-refractivity contribution in [1.82, 2.24) is 8.96 Å². The highest BCUT2D eigenvalue weighted by Gasteiger charge is 2.25. The third kappa shape index (κ3) is 3.75. The minimum atomic E-state index is -3.96. The molecule has 33 heavy (non-hydrogen) atoms. The molecule has 166 valence electrons. The van der Waals surface area contributed by atoms with Crippen molar-refractivity contribution < 1.29 is 12.8 Å². The van der Waals surface area contributed by atoms with Crippen LogP contribution in [0.25, 0.3) is 33.3 Å². The second-order valence-corrected chi connectivity index (χ2v) is 10.8. The average molecular weight is 517 g/mol. The normalized spacial score (nSPS) is 11.9. The molecule has 5 rings (SSSR count). The molecule has 0 amide bonds. The number of aromatic nitrogens is 2. The number of thiophene rings is 1. The van der Waals surface area contributed by atoms with Gasteiger partial charge in [0, 0.05) is 34.5 Å². The van der Waals surface area contributed by atoms with Crippen molar-refractivity contribution in [1.29, 1.82) is 0 Å². The number of aryl methyl sites for hydroxylation is 1. The van der Waals surface area contributed by atoms with Crippen molar-refractivity contribution in [3.8, 4) is 22.3 Å². The lowest BCUT2D eigenvalue weighted by Crippen LogP contribution is -2.12. The third-order valence-corrected chi connectivity index (χ3v) is 8.58. The Bertz CT molecular complexity index is 1610. The molecule has 0 unspecified atom stereocenters. The summed E-state index contributed by atoms with van der Waals surface area (Å²) in [6.07, 6.45) is 3.09. The second kappa shape index (κ2) is 8.25. The van der Waals surface area contributed by atoms with Gasteiger partial charge in [0.1, 0.15) is 5.82 Å². The lowest BCUT2D eigenvalue weighted by atomic mass is 10.0. The van der Waals surface area contributed by atoms with Crippen LogP contribution >= 0.6 is 34.5 Å². The van der Waals surface area contributed by atoms with E-state index in [4.69, 9.17) is 23.2 Å². The van der Waals surface area contributed by atoms with Gasteiger partial charge in [0.15, 0.2) is 5.65 Å². The van der Waals surface area contributed by atoms with Crippen LogP contribution < -0.4 is 0 Å². The number of hydrogen-bond acceptors (Lipinski definition) is 4. The number of fused-ring (bicyclic) bond motifs is 1. The predicted octanol–water partition coefficient (Wildman–Crippen LogP) is 7.42. The molecule has 0 fully saturated rings. The Labute approximate surface area is 203 Å². The molecule has 3 aromatic heterocycles. The van der Waals surface area contributed by atoms with Crippen molar-refractivity contribution in [2.24, 2.45) is 0 Å². The first-order valence-electron chi connectivity index (χ1n) is 9.77. The largest absolute Gasteiger partial charge is 0.269 e. The minimum absolute atomic E-state index is 0.00406. The SMILES string of the molecule is Cc1ccc(S(=O)(=O)n2cc(-c3ccc(F)c(Cl)c3Cl)c3cc(-c4ccsc4)cnc32)cc1. The van der Waals surface area contributed by atoms with Gasteiger partial charge in [-0.3, -0.25) is 0 Å². The van der Waals surface area contributed by atoms with Crippen LogP contribution in [0.2, 0.25) is 10.0 Å². The van der Waals surface area contributed by atoms with Gasteiger partial charge in [-0.15, -0.1) is 0 Å². The molecule has 0 aliphatic heterocycles. The molecule has 0 saturated heterocycles. The van der Waals surface area contributed by atoms with Crippen molar-refractivity contribution in [3.63, 3.8) is 0 Å². The van der Waals surface area contributed by atoms with E-state index in [-0.39, 0.29) is 20.6 Å². The quantitative estimate of drug-likeness (QED) is 0.233. The molecule has 2 aromatic carbocycles. The van der Waals surface area contributed by atoms with E-state index in [0.717, 1.165) is 20.7 Å². The number of hydrogen-bond donors (Lipinski definition) is 0. The van der Waals surface area contributed by atoms with Gasteiger partial charge in [-0.05, 0) is 59.6 Å². The summed E-state index contributed by atoms with van der Waals surface area (Å²) in [5, 5.41) is 4.26. The summed E-state index contributed by atoms with van der Waals surface area (Å²) in [6.45, 7) is 1.88. The Kier molecular flexibility index (Phi) is 5.53. The molecule has 0 N–H and O–H groups in total. The Morgan fingerprint density at radius 1 is 0.970 bits per heavy atom. The zero-order valence-electron chi connectivity index (χ0n) is 17.1. The molecular weight excluding hydrogens is 502 g/mol. The monoisotopic (exact) mass is 516 g/mol. The average Bonchev–Trinajstić information content (AvgIpc) is 3.46. The Balaban J connectivity index is 1.82. The van der Waals surface area contributed by atoms with E-state index in [9.17, 15) is 12.8 Å². The minimum Gasteiger partial charge on any atom is -0.237 e. The predicted molar refractivity (Wildman–Crippen MR) is 132 cm³/mol. The zero-order valence-corrected chi connectivity index (χ0v) is 20.2. The Morgan fingerprint density at radius 2 is 1.73 bits per heavy atom. The van der Waals surface area contributed by atoms with Gasteiger partial charge >= 0.3 is 0 Å². The number of nitrogens with zero attached hydrogens (tertiary/aromatic N) is 2. The van der Waals surface area contributed by atoms with Gasteiger partial charge in [-0.1, -0.05) is 40.9 Å². The smallest absolute Gasteiger partial charge is 0.237 e. The number of benzene rings is 2. The van der Waals surface area contributed by atoms with E-state index in [1.165, 1.54) is 18.3 Å². The highest BCUT2D eigenvalue weighted by molar-refractivity contribution is 7.90. The molecule has 5 aromatic rings. The fourth-order valence-electron chi connectivity index (χ4n) is 3.62. The van der Waals surface area contributed by atoms with Crippen LogP contribution in [0.1, 0.15) is 5.56 Å². The summed E-state index contributed by atoms with van der Waals surface area (Å²) in [5.74, 6) is -0.654. The Hall–Kier alpha value is -2.71. The van der Waals surface area contributed by atoms with Crippen molar-refractivity contribution in [3.05, 3.63) is 93.1 Å². The fourth-order valence-corrected chi connectivity index (χ4v) is 6.03. The first-order valence-corrected chi connectivity index (χ1v) is 12.9. The summed E-state index contributed by atoms with van der Waals surface area (Å²) in [6, 6.07) is 13.1. The van der Waals surface area contributed by atoms with Gasteiger partial charge in [-0.25, -0.2) is 21.8 Å². The van der Waals surface area contributed by atoms with Gasteiger partial charge < -0.3 is 0 Å². The summed E-state index contributed by atoms with van der Waals surface area (Å²) < 4.78 is 42.1. The van der Waals surface area contributed by atoms with E-state index >= 15 is 0 Å². The van der Waals surface area contributed by atoms with Gasteiger partial charge in [0.05, 0.1) is 14.9 Å². The summed E-state index contributed by atoms with van der Waals surface area (Å²) in [7, 11) is -3.96. The van der Waals surface area contributed by atoms with Gasteiger partial charge in [0.25, 0.3) is 10.0 Å². The van der Waals surface area contributed by atoms with E-state index < -0.39 is 15.8 Å². The van der Waals surface area contributed by atoms with Gasteiger partial charge in [-0.2, -0.15) is 11.3 Å². The van der Waals surface area contributed by atoms with E-state index in [2.05, 4.69) is 4.98 Å².